The summed E-state index contributed by atoms with van der Waals surface area (Å²) in [5.74, 6) is -0.292. The van der Waals surface area contributed by atoms with Gasteiger partial charge in [-0.2, -0.15) is 0 Å². The summed E-state index contributed by atoms with van der Waals surface area (Å²) in [6.45, 7) is 1.73. The number of thiazole rings is 1. The molecule has 0 aliphatic carbocycles. The van der Waals surface area contributed by atoms with Crippen LogP contribution < -0.4 is 5.32 Å². The second-order valence-electron chi connectivity index (χ2n) is 3.82. The Morgan fingerprint density at radius 2 is 2.25 bits per heavy atom. The zero-order valence-corrected chi connectivity index (χ0v) is 12.1. The average Bonchev–Trinajstić information content (AvgIpc) is 2.91. The van der Waals surface area contributed by atoms with Crippen LogP contribution >= 0.6 is 23.1 Å². The van der Waals surface area contributed by atoms with E-state index in [1.807, 2.05) is 5.38 Å². The molecule has 2 rings (SSSR count). The highest BCUT2D eigenvalue weighted by Crippen LogP contribution is 2.28. The standard InChI is InChI=1S/C12H11N3O3S2/c1-8(20-12-13-6-7-19-12)11(16)14-9-4-2-3-5-10(9)15(17)18/h2-8H,1H3,(H,14,16)/t8-/m0/s1. The maximum atomic E-state index is 12.0. The molecule has 0 radical (unpaired) electrons. The molecule has 6 nitrogen and oxygen atoms in total. The van der Waals surface area contributed by atoms with Gasteiger partial charge in [-0.05, 0) is 13.0 Å². The number of nitro benzene ring substituents is 1. The third kappa shape index (κ3) is 3.55. The van der Waals surface area contributed by atoms with Gasteiger partial charge in [0, 0.05) is 17.6 Å². The molecule has 0 bridgehead atoms. The van der Waals surface area contributed by atoms with Crippen molar-refractivity contribution in [1.82, 2.24) is 4.98 Å². The van der Waals surface area contributed by atoms with Gasteiger partial charge in [-0.15, -0.1) is 11.3 Å². The monoisotopic (exact) mass is 309 g/mol. The number of nitrogens with zero attached hydrogens (tertiary/aromatic N) is 2. The number of rotatable bonds is 5. The van der Waals surface area contributed by atoms with Crippen LogP contribution in [0.2, 0.25) is 0 Å². The summed E-state index contributed by atoms with van der Waals surface area (Å²) in [6.07, 6.45) is 1.67. The Hall–Kier alpha value is -1.93. The summed E-state index contributed by atoms with van der Waals surface area (Å²) >= 11 is 2.76. The molecule has 0 spiro atoms. The minimum atomic E-state index is -0.520. The molecule has 0 saturated carbocycles. The minimum absolute atomic E-state index is 0.118. The van der Waals surface area contributed by atoms with Gasteiger partial charge in [0.1, 0.15) is 5.69 Å². The van der Waals surface area contributed by atoms with E-state index in [4.69, 9.17) is 0 Å². The van der Waals surface area contributed by atoms with Gasteiger partial charge in [-0.25, -0.2) is 4.98 Å². The van der Waals surface area contributed by atoms with Gasteiger partial charge >= 0.3 is 0 Å². The first kappa shape index (κ1) is 14.5. The lowest BCUT2D eigenvalue weighted by atomic mass is 10.2. The number of carbonyl (C=O) groups excluding carboxylic acids is 1. The van der Waals surface area contributed by atoms with Gasteiger partial charge in [0.2, 0.25) is 5.91 Å². The molecule has 0 aliphatic heterocycles. The second-order valence-corrected chi connectivity index (χ2v) is 6.30. The highest BCUT2D eigenvalue weighted by molar-refractivity contribution is 8.02. The van der Waals surface area contributed by atoms with Crippen molar-refractivity contribution in [3.63, 3.8) is 0 Å². The molecular weight excluding hydrogens is 298 g/mol. The number of hydrogen-bond acceptors (Lipinski definition) is 6. The quantitative estimate of drug-likeness (QED) is 0.521. The number of nitro groups is 1. The first-order valence-corrected chi connectivity index (χ1v) is 7.44. The molecule has 1 amide bonds. The Labute approximate surface area is 123 Å². The van der Waals surface area contributed by atoms with Crippen LogP contribution in [-0.4, -0.2) is 21.1 Å². The summed E-state index contributed by atoms with van der Waals surface area (Å²) in [7, 11) is 0. The van der Waals surface area contributed by atoms with Gasteiger partial charge in [0.05, 0.1) is 10.2 Å². The molecular formula is C12H11N3O3S2. The fourth-order valence-electron chi connectivity index (χ4n) is 1.45. The van der Waals surface area contributed by atoms with Gasteiger partial charge < -0.3 is 5.32 Å². The SMILES string of the molecule is C[C@H](Sc1nccs1)C(=O)Nc1ccccc1[N+](=O)[O-]. The highest BCUT2D eigenvalue weighted by Gasteiger charge is 2.20. The number of para-hydroxylation sites is 2. The number of nitrogens with one attached hydrogen (secondary N) is 1. The molecule has 0 unspecified atom stereocenters. The Bertz CT molecular complexity index is 616. The third-order valence-corrected chi connectivity index (χ3v) is 4.43. The fourth-order valence-corrected chi connectivity index (χ4v) is 3.22. The molecule has 8 heteroatoms. The normalized spacial score (nSPS) is 11.8. The van der Waals surface area contributed by atoms with Crippen molar-refractivity contribution in [1.29, 1.82) is 0 Å². The van der Waals surface area contributed by atoms with E-state index in [2.05, 4.69) is 10.3 Å². The van der Waals surface area contributed by atoms with Crippen LogP contribution in [0, 0.1) is 10.1 Å². The van der Waals surface area contributed by atoms with E-state index in [9.17, 15) is 14.9 Å². The zero-order chi connectivity index (χ0) is 14.5. The number of hydrogen-bond donors (Lipinski definition) is 1. The first-order valence-electron chi connectivity index (χ1n) is 5.68. The number of carbonyl (C=O) groups is 1. The van der Waals surface area contributed by atoms with Gasteiger partial charge in [-0.3, -0.25) is 14.9 Å². The number of amides is 1. The summed E-state index contributed by atoms with van der Waals surface area (Å²) in [4.78, 5) is 26.5. The summed E-state index contributed by atoms with van der Waals surface area (Å²) in [5.41, 5.74) is 0.0846. The van der Waals surface area contributed by atoms with Gasteiger partial charge in [0.25, 0.3) is 5.69 Å². The molecule has 20 heavy (non-hydrogen) atoms. The lowest BCUT2D eigenvalue weighted by molar-refractivity contribution is -0.383. The van der Waals surface area contributed by atoms with Crippen molar-refractivity contribution in [2.75, 3.05) is 5.32 Å². The lowest BCUT2D eigenvalue weighted by Crippen LogP contribution is -2.22. The van der Waals surface area contributed by atoms with Crippen molar-refractivity contribution < 1.29 is 9.72 Å². The molecule has 1 atom stereocenters. The topological polar surface area (TPSA) is 85.1 Å². The van der Waals surface area contributed by atoms with Crippen molar-refractivity contribution in [3.8, 4) is 0 Å². The van der Waals surface area contributed by atoms with E-state index in [-0.39, 0.29) is 22.5 Å². The zero-order valence-electron chi connectivity index (χ0n) is 10.5. The molecule has 1 heterocycles. The van der Waals surface area contributed by atoms with Crippen molar-refractivity contribution >= 4 is 40.4 Å². The van der Waals surface area contributed by atoms with Crippen LogP contribution in [0.3, 0.4) is 0 Å². The van der Waals surface area contributed by atoms with Crippen LogP contribution in [0.15, 0.2) is 40.2 Å². The van der Waals surface area contributed by atoms with Crippen LogP contribution in [-0.2, 0) is 4.79 Å². The van der Waals surface area contributed by atoms with Crippen LogP contribution in [0.5, 0.6) is 0 Å². The number of thioether (sulfide) groups is 1. The smallest absolute Gasteiger partial charge is 0.292 e. The summed E-state index contributed by atoms with van der Waals surface area (Å²) in [5, 5.41) is 14.9. The van der Waals surface area contributed by atoms with E-state index in [0.29, 0.717) is 0 Å². The second kappa shape index (κ2) is 6.49. The van der Waals surface area contributed by atoms with Crippen molar-refractivity contribution in [2.45, 2.75) is 16.5 Å². The van der Waals surface area contributed by atoms with Crippen molar-refractivity contribution in [3.05, 3.63) is 46.0 Å². The number of anilines is 1. The largest absolute Gasteiger partial charge is 0.319 e. The predicted molar refractivity (Wildman–Crippen MR) is 79.2 cm³/mol. The van der Waals surface area contributed by atoms with E-state index in [1.165, 1.54) is 35.2 Å². The fraction of sp³-hybridized carbons (Fsp3) is 0.167. The Morgan fingerprint density at radius 3 is 2.90 bits per heavy atom. The molecule has 1 aromatic carbocycles. The Balaban J connectivity index is 2.06. The number of benzene rings is 1. The third-order valence-electron chi connectivity index (χ3n) is 2.42. The van der Waals surface area contributed by atoms with E-state index in [0.717, 1.165) is 4.34 Å². The van der Waals surface area contributed by atoms with Crippen LogP contribution in [0.1, 0.15) is 6.92 Å². The summed E-state index contributed by atoms with van der Waals surface area (Å²) in [6, 6.07) is 6.06. The average molecular weight is 309 g/mol. The molecule has 0 aliphatic rings. The van der Waals surface area contributed by atoms with Crippen LogP contribution in [0.25, 0.3) is 0 Å². The summed E-state index contributed by atoms with van der Waals surface area (Å²) < 4.78 is 0.787. The Morgan fingerprint density at radius 1 is 1.50 bits per heavy atom. The lowest BCUT2D eigenvalue weighted by Gasteiger charge is -2.10. The van der Waals surface area contributed by atoms with Crippen molar-refractivity contribution in [2.24, 2.45) is 0 Å². The molecule has 0 fully saturated rings. The maximum absolute atomic E-state index is 12.0. The molecule has 0 saturated heterocycles. The van der Waals surface area contributed by atoms with E-state index in [1.54, 1.807) is 25.3 Å². The molecule has 2 aromatic rings. The van der Waals surface area contributed by atoms with E-state index < -0.39 is 4.92 Å². The first-order chi connectivity index (χ1) is 9.58. The van der Waals surface area contributed by atoms with E-state index >= 15 is 0 Å². The molecule has 1 aromatic heterocycles. The Kier molecular flexibility index (Phi) is 4.70. The van der Waals surface area contributed by atoms with Gasteiger partial charge in [-0.1, -0.05) is 23.9 Å². The molecule has 104 valence electrons. The van der Waals surface area contributed by atoms with Crippen LogP contribution in [0.4, 0.5) is 11.4 Å². The highest BCUT2D eigenvalue weighted by atomic mass is 32.2. The van der Waals surface area contributed by atoms with Gasteiger partial charge in [0.15, 0.2) is 4.34 Å². The molecule has 1 N–H and O–H groups in total. The minimum Gasteiger partial charge on any atom is -0.319 e. The number of aromatic nitrogens is 1. The maximum Gasteiger partial charge on any atom is 0.292 e. The predicted octanol–water partition coefficient (Wildman–Crippen LogP) is 3.17.